The highest BCUT2D eigenvalue weighted by Gasteiger charge is 2.19. The van der Waals surface area contributed by atoms with Gasteiger partial charge in [0, 0.05) is 30.1 Å². The van der Waals surface area contributed by atoms with Gasteiger partial charge in [-0.2, -0.15) is 4.37 Å². The van der Waals surface area contributed by atoms with Crippen LogP contribution in [0.3, 0.4) is 0 Å². The van der Waals surface area contributed by atoms with Gasteiger partial charge in [0.15, 0.2) is 0 Å². The van der Waals surface area contributed by atoms with Crippen LogP contribution < -0.4 is 15.6 Å². The summed E-state index contributed by atoms with van der Waals surface area (Å²) in [4.78, 5) is 34.4. The third kappa shape index (κ3) is 3.79. The zero-order valence-corrected chi connectivity index (χ0v) is 17.3. The normalized spacial score (nSPS) is 10.9. The summed E-state index contributed by atoms with van der Waals surface area (Å²) in [5, 5.41) is 2.80. The molecule has 3 heterocycles. The number of hydrogen-bond acceptors (Lipinski definition) is 7. The molecule has 3 aromatic heterocycles. The maximum absolute atomic E-state index is 13.1. The largest absolute Gasteiger partial charge is 0.497 e. The van der Waals surface area contributed by atoms with Gasteiger partial charge in [0.25, 0.3) is 5.56 Å². The summed E-state index contributed by atoms with van der Waals surface area (Å²) in [7, 11) is 1.58. The van der Waals surface area contributed by atoms with E-state index >= 15 is 0 Å². The van der Waals surface area contributed by atoms with E-state index in [1.807, 2.05) is 19.1 Å². The van der Waals surface area contributed by atoms with E-state index in [1.165, 1.54) is 4.57 Å². The lowest BCUT2D eigenvalue weighted by Gasteiger charge is -2.12. The van der Waals surface area contributed by atoms with Crippen molar-refractivity contribution in [2.45, 2.75) is 19.9 Å². The average molecular weight is 421 g/mol. The van der Waals surface area contributed by atoms with E-state index in [-0.39, 0.29) is 18.0 Å². The van der Waals surface area contributed by atoms with Gasteiger partial charge in [-0.25, -0.2) is 4.98 Å². The minimum Gasteiger partial charge on any atom is -0.497 e. The molecule has 0 unspecified atom stereocenters. The first-order valence-electron chi connectivity index (χ1n) is 9.34. The van der Waals surface area contributed by atoms with Gasteiger partial charge < -0.3 is 10.1 Å². The predicted molar refractivity (Wildman–Crippen MR) is 116 cm³/mol. The van der Waals surface area contributed by atoms with E-state index < -0.39 is 0 Å². The van der Waals surface area contributed by atoms with Crippen molar-refractivity contribution < 1.29 is 9.53 Å². The number of amides is 1. The number of anilines is 1. The molecular weight excluding hydrogens is 402 g/mol. The molecule has 4 rings (SSSR count). The van der Waals surface area contributed by atoms with Crippen LogP contribution in [0, 0.1) is 0 Å². The van der Waals surface area contributed by atoms with Crippen LogP contribution in [0.25, 0.3) is 21.5 Å². The van der Waals surface area contributed by atoms with Crippen LogP contribution in [-0.2, 0) is 17.8 Å². The molecule has 0 aliphatic heterocycles. The number of pyridine rings is 1. The van der Waals surface area contributed by atoms with Crippen LogP contribution >= 0.6 is 11.5 Å². The fourth-order valence-corrected chi connectivity index (χ4v) is 3.90. The lowest BCUT2D eigenvalue weighted by atomic mass is 10.2. The molecule has 30 heavy (non-hydrogen) atoms. The summed E-state index contributed by atoms with van der Waals surface area (Å²) in [6.07, 6.45) is 3.85. The molecule has 9 heteroatoms. The fraction of sp³-hybridized carbons (Fsp3) is 0.190. The molecule has 0 aliphatic carbocycles. The molecule has 0 bridgehead atoms. The number of ether oxygens (including phenoxy) is 1. The van der Waals surface area contributed by atoms with Crippen molar-refractivity contribution in [2.75, 3.05) is 12.4 Å². The minimum atomic E-state index is -0.308. The van der Waals surface area contributed by atoms with Gasteiger partial charge >= 0.3 is 0 Å². The molecule has 1 N–H and O–H groups in total. The number of nitrogens with one attached hydrogen (secondary N) is 1. The Morgan fingerprint density at radius 3 is 2.57 bits per heavy atom. The van der Waals surface area contributed by atoms with Crippen molar-refractivity contribution in [3.63, 3.8) is 0 Å². The molecule has 152 valence electrons. The van der Waals surface area contributed by atoms with Crippen molar-refractivity contribution in [1.29, 1.82) is 0 Å². The van der Waals surface area contributed by atoms with Crippen molar-refractivity contribution in [1.82, 2.24) is 18.9 Å². The van der Waals surface area contributed by atoms with Gasteiger partial charge in [0.2, 0.25) is 5.91 Å². The smallest absolute Gasteiger partial charge is 0.273 e. The Labute approximate surface area is 176 Å². The lowest BCUT2D eigenvalue weighted by Crippen LogP contribution is -2.30. The van der Waals surface area contributed by atoms with Gasteiger partial charge in [0.05, 0.1) is 7.11 Å². The maximum Gasteiger partial charge on any atom is 0.273 e. The maximum atomic E-state index is 13.1. The van der Waals surface area contributed by atoms with Crippen molar-refractivity contribution in [3.8, 4) is 17.0 Å². The summed E-state index contributed by atoms with van der Waals surface area (Å²) in [5.74, 6) is 0.923. The summed E-state index contributed by atoms with van der Waals surface area (Å²) in [5.41, 5.74) is 2.41. The second kappa shape index (κ2) is 8.42. The van der Waals surface area contributed by atoms with Crippen LogP contribution in [0.2, 0.25) is 0 Å². The highest BCUT2D eigenvalue weighted by atomic mass is 32.1. The molecular formula is C21H19N5O3S. The third-order valence-electron chi connectivity index (χ3n) is 4.60. The quantitative estimate of drug-likeness (QED) is 0.514. The number of aromatic nitrogens is 4. The molecule has 4 aromatic rings. The number of benzene rings is 1. The molecule has 1 aromatic carbocycles. The van der Waals surface area contributed by atoms with E-state index in [0.717, 1.165) is 17.1 Å². The number of fused-ring (bicyclic) bond motifs is 1. The summed E-state index contributed by atoms with van der Waals surface area (Å²) in [6, 6.07) is 10.7. The monoisotopic (exact) mass is 421 g/mol. The van der Waals surface area contributed by atoms with Gasteiger partial charge in [-0.05, 0) is 47.9 Å². The van der Waals surface area contributed by atoms with Crippen molar-refractivity contribution in [3.05, 3.63) is 65.0 Å². The van der Waals surface area contributed by atoms with Crippen LogP contribution in [-0.4, -0.2) is 31.9 Å². The molecule has 0 aliphatic rings. The molecule has 8 nitrogen and oxygen atoms in total. The Kier molecular flexibility index (Phi) is 5.53. The highest BCUT2D eigenvalue weighted by Crippen LogP contribution is 2.27. The Morgan fingerprint density at radius 1 is 1.17 bits per heavy atom. The van der Waals surface area contributed by atoms with E-state index in [4.69, 9.17) is 4.74 Å². The zero-order chi connectivity index (χ0) is 21.1. The first-order chi connectivity index (χ1) is 14.6. The summed E-state index contributed by atoms with van der Waals surface area (Å²) in [6.45, 7) is 1.77. The number of carbonyl (C=O) groups excluding carboxylic acids is 1. The molecule has 0 atom stereocenters. The standard InChI is InChI=1S/C21H19N5O3S/c1-3-16-24-19-18(13-8-10-22-11-9-13)25-30-20(19)21(28)26(16)12-17(27)23-14-4-6-15(29-2)7-5-14/h4-11H,3,12H2,1-2H3,(H,23,27). The highest BCUT2D eigenvalue weighted by molar-refractivity contribution is 7.13. The second-order valence-electron chi connectivity index (χ2n) is 6.49. The van der Waals surface area contributed by atoms with E-state index in [9.17, 15) is 9.59 Å². The Hall–Kier alpha value is -3.59. The van der Waals surface area contributed by atoms with Crippen LogP contribution in [0.1, 0.15) is 12.7 Å². The molecule has 0 saturated heterocycles. The summed E-state index contributed by atoms with van der Waals surface area (Å²) < 4.78 is 11.4. The van der Waals surface area contributed by atoms with E-state index in [0.29, 0.717) is 39.6 Å². The SMILES string of the molecule is CCc1nc2c(-c3ccncc3)nsc2c(=O)n1CC(=O)Nc1ccc(OC)cc1. The second-order valence-corrected chi connectivity index (χ2v) is 7.27. The molecule has 0 fully saturated rings. The molecule has 0 radical (unpaired) electrons. The summed E-state index contributed by atoms with van der Waals surface area (Å²) >= 11 is 1.09. The van der Waals surface area contributed by atoms with Crippen LogP contribution in [0.5, 0.6) is 5.75 Å². The number of aryl methyl sites for hydroxylation is 1. The van der Waals surface area contributed by atoms with E-state index in [1.54, 1.807) is 43.8 Å². The molecule has 0 spiro atoms. The van der Waals surface area contributed by atoms with Gasteiger partial charge in [-0.3, -0.25) is 19.1 Å². The Bertz CT molecular complexity index is 1250. The predicted octanol–water partition coefficient (Wildman–Crippen LogP) is 3.12. The number of carbonyl (C=O) groups is 1. The number of methoxy groups -OCH3 is 1. The fourth-order valence-electron chi connectivity index (χ4n) is 3.11. The molecule has 1 amide bonds. The number of hydrogen-bond donors (Lipinski definition) is 1. The van der Waals surface area contributed by atoms with Crippen LogP contribution in [0.15, 0.2) is 53.6 Å². The molecule has 0 saturated carbocycles. The third-order valence-corrected chi connectivity index (χ3v) is 5.43. The minimum absolute atomic E-state index is 0.126. The first kappa shape index (κ1) is 19.7. The lowest BCUT2D eigenvalue weighted by molar-refractivity contribution is -0.116. The topological polar surface area (TPSA) is 99.0 Å². The Morgan fingerprint density at radius 2 is 1.90 bits per heavy atom. The van der Waals surface area contributed by atoms with Crippen LogP contribution in [0.4, 0.5) is 5.69 Å². The van der Waals surface area contributed by atoms with Gasteiger partial charge in [0.1, 0.15) is 34.0 Å². The van der Waals surface area contributed by atoms with Gasteiger partial charge in [-0.1, -0.05) is 6.92 Å². The van der Waals surface area contributed by atoms with E-state index in [2.05, 4.69) is 19.7 Å². The van der Waals surface area contributed by atoms with Gasteiger partial charge in [-0.15, -0.1) is 0 Å². The Balaban J connectivity index is 1.66. The van der Waals surface area contributed by atoms with Crippen molar-refractivity contribution >= 4 is 33.3 Å². The number of nitrogens with zero attached hydrogens (tertiary/aromatic N) is 4. The number of rotatable bonds is 6. The average Bonchev–Trinajstić information content (AvgIpc) is 3.21. The first-order valence-corrected chi connectivity index (χ1v) is 10.1. The zero-order valence-electron chi connectivity index (χ0n) is 16.5. The van der Waals surface area contributed by atoms with Crippen molar-refractivity contribution in [2.24, 2.45) is 0 Å².